The Balaban J connectivity index is 2.38. The fourth-order valence-corrected chi connectivity index (χ4v) is 4.11. The maximum atomic E-state index is 12.2. The first-order valence-electron chi connectivity index (χ1n) is 5.97. The van der Waals surface area contributed by atoms with Gasteiger partial charge in [-0.3, -0.25) is 4.79 Å². The summed E-state index contributed by atoms with van der Waals surface area (Å²) in [4.78, 5) is 12.1. The van der Waals surface area contributed by atoms with Crippen LogP contribution in [0.1, 0.15) is 36.5 Å². The lowest BCUT2D eigenvalue weighted by Gasteiger charge is -2.39. The largest absolute Gasteiger partial charge is 0.347 e. The monoisotopic (exact) mass is 380 g/mol. The predicted octanol–water partition coefficient (Wildman–Crippen LogP) is 2.42. The maximum Gasteiger partial charge on any atom is 0.253 e. The summed E-state index contributed by atoms with van der Waals surface area (Å²) in [7, 11) is -3.93. The zero-order valence-corrected chi connectivity index (χ0v) is 13.9. The van der Waals surface area contributed by atoms with E-state index < -0.39 is 15.9 Å². The van der Waals surface area contributed by atoms with Crippen LogP contribution in [0.4, 0.5) is 0 Å². The van der Waals surface area contributed by atoms with Gasteiger partial charge in [-0.25, -0.2) is 13.6 Å². The lowest BCUT2D eigenvalue weighted by molar-refractivity contribution is 0.0850. The van der Waals surface area contributed by atoms with Crippen molar-refractivity contribution in [3.05, 3.63) is 27.2 Å². The van der Waals surface area contributed by atoms with Gasteiger partial charge in [0.1, 0.15) is 0 Å². The maximum absolute atomic E-state index is 12.2. The Labute approximate surface area is 131 Å². The smallest absolute Gasteiger partial charge is 0.253 e. The highest BCUT2D eigenvalue weighted by molar-refractivity contribution is 9.10. The molecule has 1 aliphatic carbocycles. The summed E-state index contributed by atoms with van der Waals surface area (Å²) in [6, 6.07) is 2.55. The van der Waals surface area contributed by atoms with E-state index in [-0.39, 0.29) is 25.5 Å². The van der Waals surface area contributed by atoms with Crippen LogP contribution < -0.4 is 10.5 Å². The predicted molar refractivity (Wildman–Crippen MR) is 80.2 cm³/mol. The first kappa shape index (κ1) is 15.8. The zero-order valence-electron chi connectivity index (χ0n) is 10.7. The molecule has 0 spiro atoms. The van der Waals surface area contributed by atoms with Crippen molar-refractivity contribution in [3.63, 3.8) is 0 Å². The van der Waals surface area contributed by atoms with Crippen molar-refractivity contribution >= 4 is 43.5 Å². The van der Waals surface area contributed by atoms with E-state index in [1.54, 1.807) is 0 Å². The lowest BCUT2D eigenvalue weighted by atomic mass is 9.78. The number of primary sulfonamides is 1. The van der Waals surface area contributed by atoms with Gasteiger partial charge >= 0.3 is 0 Å². The molecular formula is C12H14BrClN2O3S. The fourth-order valence-electron chi connectivity index (χ4n) is 2.09. The number of benzene rings is 1. The van der Waals surface area contributed by atoms with Crippen LogP contribution >= 0.6 is 27.5 Å². The molecule has 20 heavy (non-hydrogen) atoms. The first-order valence-corrected chi connectivity index (χ1v) is 8.68. The molecule has 0 saturated heterocycles. The van der Waals surface area contributed by atoms with Gasteiger partial charge in [0.05, 0.1) is 15.5 Å². The van der Waals surface area contributed by atoms with Gasteiger partial charge in [0.25, 0.3) is 5.91 Å². The molecule has 0 heterocycles. The normalized spacial score (nSPS) is 17.4. The number of halogens is 2. The third kappa shape index (κ3) is 3.16. The minimum absolute atomic E-state index is 0.104. The van der Waals surface area contributed by atoms with Crippen molar-refractivity contribution in [3.8, 4) is 0 Å². The summed E-state index contributed by atoms with van der Waals surface area (Å²) in [6.45, 7) is 1.95. The molecule has 1 aromatic carbocycles. The number of rotatable bonds is 3. The highest BCUT2D eigenvalue weighted by atomic mass is 79.9. The summed E-state index contributed by atoms with van der Waals surface area (Å²) in [5.74, 6) is -0.394. The molecule has 1 fully saturated rings. The van der Waals surface area contributed by atoms with E-state index in [1.165, 1.54) is 12.1 Å². The van der Waals surface area contributed by atoms with Crippen molar-refractivity contribution < 1.29 is 13.2 Å². The van der Waals surface area contributed by atoms with Crippen molar-refractivity contribution in [1.29, 1.82) is 0 Å². The third-order valence-corrected chi connectivity index (χ3v) is 5.63. The number of hydrogen-bond donors (Lipinski definition) is 2. The van der Waals surface area contributed by atoms with Crippen molar-refractivity contribution in [2.45, 2.75) is 36.6 Å². The van der Waals surface area contributed by atoms with Crippen molar-refractivity contribution in [2.75, 3.05) is 0 Å². The van der Waals surface area contributed by atoms with Crippen molar-refractivity contribution in [2.24, 2.45) is 5.14 Å². The van der Waals surface area contributed by atoms with E-state index in [4.69, 9.17) is 16.7 Å². The van der Waals surface area contributed by atoms with Crippen LogP contribution in [-0.2, 0) is 10.0 Å². The van der Waals surface area contributed by atoms with E-state index in [9.17, 15) is 13.2 Å². The summed E-state index contributed by atoms with van der Waals surface area (Å²) in [5.41, 5.74) is -0.137. The number of sulfonamides is 1. The molecule has 0 aromatic heterocycles. The molecule has 3 N–H and O–H groups in total. The van der Waals surface area contributed by atoms with E-state index in [2.05, 4.69) is 21.2 Å². The summed E-state index contributed by atoms with van der Waals surface area (Å²) >= 11 is 9.09. The topological polar surface area (TPSA) is 89.3 Å². The van der Waals surface area contributed by atoms with Crippen LogP contribution in [0.25, 0.3) is 0 Å². The number of nitrogens with two attached hydrogens (primary N) is 1. The van der Waals surface area contributed by atoms with Gasteiger partial charge < -0.3 is 5.32 Å². The Morgan fingerprint density at radius 3 is 2.50 bits per heavy atom. The van der Waals surface area contributed by atoms with Crippen LogP contribution in [0, 0.1) is 0 Å². The van der Waals surface area contributed by atoms with Crippen LogP contribution in [0.15, 0.2) is 21.5 Å². The molecule has 1 aliphatic rings. The Hall–Kier alpha value is -0.630. The number of carbonyl (C=O) groups is 1. The number of carbonyl (C=O) groups excluding carboxylic acids is 1. The summed E-state index contributed by atoms with van der Waals surface area (Å²) in [5, 5.41) is 8.15. The molecule has 5 nitrogen and oxygen atoms in total. The molecule has 1 aromatic rings. The second-order valence-electron chi connectivity index (χ2n) is 5.18. The number of amides is 1. The summed E-state index contributed by atoms with van der Waals surface area (Å²) < 4.78 is 23.2. The quantitative estimate of drug-likeness (QED) is 0.842. The second-order valence-corrected chi connectivity index (χ2v) is 7.97. The highest BCUT2D eigenvalue weighted by Crippen LogP contribution is 2.33. The fraction of sp³-hybridized carbons (Fsp3) is 0.417. The van der Waals surface area contributed by atoms with E-state index >= 15 is 0 Å². The molecule has 0 radical (unpaired) electrons. The first-order chi connectivity index (χ1) is 9.12. The van der Waals surface area contributed by atoms with Gasteiger partial charge in [0.15, 0.2) is 0 Å². The standard InChI is InChI=1S/C12H14BrClN2O3S/c1-12(3-2-4-12)16-11(17)7-5-10(20(15,18)19)8(13)6-9(7)14/h5-6H,2-4H2,1H3,(H,16,17)(H2,15,18,19). The van der Waals surface area contributed by atoms with Gasteiger partial charge in [-0.1, -0.05) is 11.6 Å². The third-order valence-electron chi connectivity index (χ3n) is 3.45. The van der Waals surface area contributed by atoms with Crippen LogP contribution in [0.5, 0.6) is 0 Å². The van der Waals surface area contributed by atoms with E-state index in [1.807, 2.05) is 6.92 Å². The van der Waals surface area contributed by atoms with Crippen LogP contribution in [-0.4, -0.2) is 19.9 Å². The minimum atomic E-state index is -3.93. The molecule has 1 amide bonds. The molecule has 8 heteroatoms. The molecule has 2 rings (SSSR count). The molecule has 0 aliphatic heterocycles. The second kappa shape index (κ2) is 5.29. The van der Waals surface area contributed by atoms with Gasteiger partial charge in [-0.05, 0) is 54.2 Å². The highest BCUT2D eigenvalue weighted by Gasteiger charge is 2.34. The van der Waals surface area contributed by atoms with E-state index in [0.29, 0.717) is 0 Å². The van der Waals surface area contributed by atoms with Gasteiger partial charge in [-0.15, -0.1) is 0 Å². The Kier molecular flexibility index (Phi) is 4.17. The lowest BCUT2D eigenvalue weighted by Crippen LogP contribution is -2.51. The van der Waals surface area contributed by atoms with Crippen LogP contribution in [0.2, 0.25) is 5.02 Å². The molecule has 0 unspecified atom stereocenters. The summed E-state index contributed by atoms with van der Waals surface area (Å²) in [6.07, 6.45) is 2.86. The van der Waals surface area contributed by atoms with Gasteiger partial charge in [-0.2, -0.15) is 0 Å². The Morgan fingerprint density at radius 2 is 2.05 bits per heavy atom. The van der Waals surface area contributed by atoms with Crippen molar-refractivity contribution in [1.82, 2.24) is 5.32 Å². The molecular weight excluding hydrogens is 368 g/mol. The van der Waals surface area contributed by atoms with Gasteiger partial charge in [0.2, 0.25) is 10.0 Å². The zero-order chi connectivity index (χ0) is 15.1. The Bertz CT molecular complexity index is 672. The van der Waals surface area contributed by atoms with E-state index in [0.717, 1.165) is 19.3 Å². The Morgan fingerprint density at radius 1 is 1.45 bits per heavy atom. The van der Waals surface area contributed by atoms with Gasteiger partial charge in [0, 0.05) is 10.0 Å². The molecule has 0 bridgehead atoms. The average Bonchev–Trinajstić information content (AvgIpc) is 2.24. The van der Waals surface area contributed by atoms with Crippen LogP contribution in [0.3, 0.4) is 0 Å². The minimum Gasteiger partial charge on any atom is -0.347 e. The average molecular weight is 382 g/mol. The molecule has 0 atom stereocenters. The number of nitrogens with one attached hydrogen (secondary N) is 1. The number of hydrogen-bond acceptors (Lipinski definition) is 3. The molecule has 110 valence electrons. The SMILES string of the molecule is CC1(NC(=O)c2cc(S(N)(=O)=O)c(Br)cc2Cl)CCC1. The molecule has 1 saturated carbocycles.